The average molecular weight is 221 g/mol. The molecule has 0 fully saturated rings. The Balaban J connectivity index is 2.33. The molecule has 1 atom stereocenters. The summed E-state index contributed by atoms with van der Waals surface area (Å²) in [5.74, 6) is 0.0491. The fourth-order valence-corrected chi connectivity index (χ4v) is 2.19. The van der Waals surface area contributed by atoms with E-state index in [-0.39, 0.29) is 12.0 Å². The van der Waals surface area contributed by atoms with Crippen molar-refractivity contribution in [3.63, 3.8) is 0 Å². The van der Waals surface area contributed by atoms with Crippen molar-refractivity contribution in [2.45, 2.75) is 6.10 Å². The lowest BCUT2D eigenvalue weighted by Crippen LogP contribution is -2.02. The van der Waals surface area contributed by atoms with Gasteiger partial charge in [-0.05, 0) is 5.56 Å². The fraction of sp³-hybridized carbons (Fsp3) is 0.182. The molecular formula is C11H11NO2S. The van der Waals surface area contributed by atoms with E-state index in [4.69, 9.17) is 4.74 Å². The second kappa shape index (κ2) is 4.42. The highest BCUT2D eigenvalue weighted by Crippen LogP contribution is 2.29. The number of aromatic nitrogens is 1. The van der Waals surface area contributed by atoms with Gasteiger partial charge in [0.15, 0.2) is 0 Å². The molecule has 0 spiro atoms. The molecular weight excluding hydrogens is 210 g/mol. The maximum absolute atomic E-state index is 9.19. The van der Waals surface area contributed by atoms with Crippen molar-refractivity contribution in [2.75, 3.05) is 7.11 Å². The minimum absolute atomic E-state index is 0.0491. The maximum Gasteiger partial charge on any atom is 0.222 e. The minimum atomic E-state index is -0.197. The Labute approximate surface area is 92.0 Å². The number of hydrogen-bond donors (Lipinski definition) is 1. The molecule has 0 saturated carbocycles. The Kier molecular flexibility index (Phi) is 2.99. The van der Waals surface area contributed by atoms with Gasteiger partial charge in [0.05, 0.1) is 5.38 Å². The molecule has 1 N–H and O–H groups in total. The van der Waals surface area contributed by atoms with Gasteiger partial charge in [0.1, 0.15) is 11.1 Å². The van der Waals surface area contributed by atoms with E-state index in [1.165, 1.54) is 11.3 Å². The maximum atomic E-state index is 9.19. The number of thiazole rings is 1. The number of nitrogens with zero attached hydrogens (tertiary/aromatic N) is 1. The van der Waals surface area contributed by atoms with Gasteiger partial charge in [-0.2, -0.15) is 0 Å². The van der Waals surface area contributed by atoms with E-state index in [0.717, 1.165) is 10.6 Å². The van der Waals surface area contributed by atoms with Crippen LogP contribution < -0.4 is 0 Å². The molecule has 1 unspecified atom stereocenters. The number of rotatable bonds is 3. The first kappa shape index (κ1) is 10.1. The van der Waals surface area contributed by atoms with Crippen LogP contribution in [0.3, 0.4) is 0 Å². The van der Waals surface area contributed by atoms with Crippen molar-refractivity contribution in [1.82, 2.24) is 4.98 Å². The van der Waals surface area contributed by atoms with Gasteiger partial charge < -0.3 is 9.84 Å². The monoisotopic (exact) mass is 221 g/mol. The molecule has 1 aromatic carbocycles. The van der Waals surface area contributed by atoms with Gasteiger partial charge in [0.25, 0.3) is 0 Å². The highest BCUT2D eigenvalue weighted by molar-refractivity contribution is 7.09. The van der Waals surface area contributed by atoms with E-state index in [9.17, 15) is 5.11 Å². The summed E-state index contributed by atoms with van der Waals surface area (Å²) in [4.78, 5) is 4.01. The van der Waals surface area contributed by atoms with Crippen molar-refractivity contribution >= 4 is 11.3 Å². The zero-order valence-electron chi connectivity index (χ0n) is 8.25. The Morgan fingerprint density at radius 1 is 1.33 bits per heavy atom. The van der Waals surface area contributed by atoms with Crippen LogP contribution in [0, 0.1) is 0 Å². The van der Waals surface area contributed by atoms with Crippen LogP contribution in [0.2, 0.25) is 0 Å². The SMILES string of the molecule is COC(c1ccccc1)c1nc(O)cs1. The standard InChI is InChI=1S/C11H11NO2S/c1-14-10(8-5-3-2-4-6-8)11-12-9(13)7-15-11/h2-7,10,13H,1H3. The third-order valence-electron chi connectivity index (χ3n) is 2.07. The lowest BCUT2D eigenvalue weighted by molar-refractivity contribution is 0.135. The van der Waals surface area contributed by atoms with Crippen LogP contribution >= 0.6 is 11.3 Å². The molecule has 0 bridgehead atoms. The van der Waals surface area contributed by atoms with Crippen LogP contribution in [0.15, 0.2) is 35.7 Å². The van der Waals surface area contributed by atoms with E-state index in [0.29, 0.717) is 0 Å². The topological polar surface area (TPSA) is 42.4 Å². The molecule has 15 heavy (non-hydrogen) atoms. The van der Waals surface area contributed by atoms with Gasteiger partial charge in [-0.3, -0.25) is 0 Å². The van der Waals surface area contributed by atoms with Gasteiger partial charge >= 0.3 is 0 Å². The van der Waals surface area contributed by atoms with E-state index < -0.39 is 0 Å². The van der Waals surface area contributed by atoms with Gasteiger partial charge in [-0.25, -0.2) is 4.98 Å². The molecule has 78 valence electrons. The minimum Gasteiger partial charge on any atom is -0.493 e. The number of hydrogen-bond acceptors (Lipinski definition) is 4. The first-order valence-electron chi connectivity index (χ1n) is 4.53. The highest BCUT2D eigenvalue weighted by atomic mass is 32.1. The third-order valence-corrected chi connectivity index (χ3v) is 2.95. The molecule has 4 heteroatoms. The summed E-state index contributed by atoms with van der Waals surface area (Å²) in [6, 6.07) is 9.82. The summed E-state index contributed by atoms with van der Waals surface area (Å²) in [7, 11) is 1.64. The summed E-state index contributed by atoms with van der Waals surface area (Å²) in [6.45, 7) is 0. The molecule has 0 saturated heterocycles. The zero-order valence-corrected chi connectivity index (χ0v) is 9.07. The van der Waals surface area contributed by atoms with Crippen LogP contribution in [-0.2, 0) is 4.74 Å². The number of aromatic hydroxyl groups is 1. The summed E-state index contributed by atoms with van der Waals surface area (Å²) < 4.78 is 5.37. The first-order valence-corrected chi connectivity index (χ1v) is 5.41. The van der Waals surface area contributed by atoms with Crippen LogP contribution in [-0.4, -0.2) is 17.2 Å². The van der Waals surface area contributed by atoms with Crippen molar-refractivity contribution in [1.29, 1.82) is 0 Å². The molecule has 0 amide bonds. The lowest BCUT2D eigenvalue weighted by atomic mass is 10.1. The molecule has 2 aromatic rings. The van der Waals surface area contributed by atoms with E-state index in [1.807, 2.05) is 30.3 Å². The highest BCUT2D eigenvalue weighted by Gasteiger charge is 2.16. The van der Waals surface area contributed by atoms with Crippen LogP contribution in [0.4, 0.5) is 0 Å². The molecule has 1 heterocycles. The van der Waals surface area contributed by atoms with E-state index in [2.05, 4.69) is 4.98 Å². The van der Waals surface area contributed by atoms with Gasteiger partial charge in [-0.1, -0.05) is 30.3 Å². The second-order valence-electron chi connectivity index (χ2n) is 3.07. The third kappa shape index (κ3) is 2.16. The van der Waals surface area contributed by atoms with E-state index >= 15 is 0 Å². The summed E-state index contributed by atoms with van der Waals surface area (Å²) in [5, 5.41) is 11.6. The fourth-order valence-electron chi connectivity index (χ4n) is 1.41. The van der Waals surface area contributed by atoms with Crippen molar-refractivity contribution < 1.29 is 9.84 Å². The number of methoxy groups -OCH3 is 1. The van der Waals surface area contributed by atoms with Gasteiger partial charge in [-0.15, -0.1) is 11.3 Å². The van der Waals surface area contributed by atoms with Gasteiger partial charge in [0.2, 0.25) is 5.88 Å². The lowest BCUT2D eigenvalue weighted by Gasteiger charge is -2.12. The Hall–Kier alpha value is -1.39. The first-order chi connectivity index (χ1) is 7.31. The van der Waals surface area contributed by atoms with E-state index in [1.54, 1.807) is 12.5 Å². The molecule has 0 aliphatic heterocycles. The molecule has 0 aliphatic carbocycles. The van der Waals surface area contributed by atoms with Crippen LogP contribution in [0.1, 0.15) is 16.7 Å². The Morgan fingerprint density at radius 2 is 2.07 bits per heavy atom. The molecule has 0 radical (unpaired) electrons. The van der Waals surface area contributed by atoms with Gasteiger partial charge in [0, 0.05) is 7.11 Å². The van der Waals surface area contributed by atoms with Crippen LogP contribution in [0.5, 0.6) is 5.88 Å². The van der Waals surface area contributed by atoms with Crippen molar-refractivity contribution in [3.05, 3.63) is 46.3 Å². The predicted molar refractivity (Wildman–Crippen MR) is 59.1 cm³/mol. The summed E-state index contributed by atoms with van der Waals surface area (Å²) >= 11 is 1.39. The molecule has 1 aromatic heterocycles. The molecule has 0 aliphatic rings. The molecule has 3 nitrogen and oxygen atoms in total. The van der Waals surface area contributed by atoms with Crippen LogP contribution in [0.25, 0.3) is 0 Å². The van der Waals surface area contributed by atoms with Crippen molar-refractivity contribution in [3.8, 4) is 5.88 Å². The Bertz CT molecular complexity index is 427. The average Bonchev–Trinajstić information content (AvgIpc) is 2.68. The largest absolute Gasteiger partial charge is 0.493 e. The zero-order chi connectivity index (χ0) is 10.7. The predicted octanol–water partition coefficient (Wildman–Crippen LogP) is 2.58. The number of benzene rings is 1. The van der Waals surface area contributed by atoms with Crippen molar-refractivity contribution in [2.24, 2.45) is 0 Å². The second-order valence-corrected chi connectivity index (χ2v) is 3.96. The number of ether oxygens (including phenoxy) is 1. The normalized spacial score (nSPS) is 12.6. The summed E-state index contributed by atoms with van der Waals surface area (Å²) in [5.41, 5.74) is 1.04. The summed E-state index contributed by atoms with van der Waals surface area (Å²) in [6.07, 6.45) is -0.197. The molecule has 2 rings (SSSR count). The quantitative estimate of drug-likeness (QED) is 0.866. The smallest absolute Gasteiger partial charge is 0.222 e. The Morgan fingerprint density at radius 3 is 2.60 bits per heavy atom.